The van der Waals surface area contributed by atoms with Gasteiger partial charge >= 0.3 is 0 Å². The van der Waals surface area contributed by atoms with Crippen LogP contribution in [-0.2, 0) is 10.1 Å². The maximum atomic E-state index is 10.9. The average molecular weight is 377 g/mol. The van der Waals surface area contributed by atoms with Gasteiger partial charge in [-0.1, -0.05) is 83.3 Å². The predicted molar refractivity (Wildman–Crippen MR) is 106 cm³/mol. The SMILES string of the molecule is CCCCCCCC/C=C\CCCCCCCCC(CO)S(=O)(=O)O. The van der Waals surface area contributed by atoms with Gasteiger partial charge in [-0.15, -0.1) is 0 Å². The van der Waals surface area contributed by atoms with Gasteiger partial charge in [-0.05, 0) is 32.1 Å². The quantitative estimate of drug-likeness (QED) is 0.184. The van der Waals surface area contributed by atoms with Gasteiger partial charge in [0.15, 0.2) is 0 Å². The molecule has 0 saturated heterocycles. The summed E-state index contributed by atoms with van der Waals surface area (Å²) in [5, 5.41) is 7.93. The Balaban J connectivity index is 3.32. The maximum Gasteiger partial charge on any atom is 0.270 e. The van der Waals surface area contributed by atoms with Gasteiger partial charge in [0.2, 0.25) is 0 Å². The van der Waals surface area contributed by atoms with Crippen LogP contribution in [0.1, 0.15) is 103 Å². The second-order valence-electron chi connectivity index (χ2n) is 7.05. The lowest BCUT2D eigenvalue weighted by atomic mass is 10.1. The van der Waals surface area contributed by atoms with Crippen LogP contribution < -0.4 is 0 Å². The van der Waals surface area contributed by atoms with Crippen molar-refractivity contribution in [3.05, 3.63) is 12.2 Å². The van der Waals surface area contributed by atoms with E-state index in [2.05, 4.69) is 19.1 Å². The van der Waals surface area contributed by atoms with Crippen LogP contribution in [0.3, 0.4) is 0 Å². The minimum absolute atomic E-state index is 0.344. The molecule has 0 bridgehead atoms. The van der Waals surface area contributed by atoms with E-state index < -0.39 is 22.0 Å². The molecule has 150 valence electrons. The lowest BCUT2D eigenvalue weighted by Gasteiger charge is -2.10. The number of allylic oxidation sites excluding steroid dienone is 2. The summed E-state index contributed by atoms with van der Waals surface area (Å²) < 4.78 is 30.8. The van der Waals surface area contributed by atoms with E-state index in [4.69, 9.17) is 9.66 Å². The maximum absolute atomic E-state index is 10.9. The summed E-state index contributed by atoms with van der Waals surface area (Å²) in [6, 6.07) is 0. The molecule has 25 heavy (non-hydrogen) atoms. The highest BCUT2D eigenvalue weighted by atomic mass is 32.2. The van der Waals surface area contributed by atoms with Crippen LogP contribution in [0.5, 0.6) is 0 Å². The molecule has 0 aliphatic heterocycles. The van der Waals surface area contributed by atoms with Crippen LogP contribution in [-0.4, -0.2) is 29.9 Å². The number of rotatable bonds is 18. The van der Waals surface area contributed by atoms with Crippen molar-refractivity contribution in [1.29, 1.82) is 0 Å². The lowest BCUT2D eigenvalue weighted by Crippen LogP contribution is -2.24. The lowest BCUT2D eigenvalue weighted by molar-refractivity contribution is 0.276. The van der Waals surface area contributed by atoms with E-state index in [9.17, 15) is 8.42 Å². The van der Waals surface area contributed by atoms with Gasteiger partial charge in [-0.25, -0.2) is 0 Å². The highest BCUT2D eigenvalue weighted by molar-refractivity contribution is 7.86. The molecule has 0 aliphatic rings. The van der Waals surface area contributed by atoms with E-state index in [0.29, 0.717) is 6.42 Å². The molecule has 0 aliphatic carbocycles. The second kappa shape index (κ2) is 17.0. The zero-order valence-corrected chi connectivity index (χ0v) is 17.0. The molecule has 0 aromatic carbocycles. The Kier molecular flexibility index (Phi) is 16.8. The van der Waals surface area contributed by atoms with Crippen LogP contribution in [0.2, 0.25) is 0 Å². The van der Waals surface area contributed by atoms with Crippen molar-refractivity contribution in [3.63, 3.8) is 0 Å². The monoisotopic (exact) mass is 376 g/mol. The summed E-state index contributed by atoms with van der Waals surface area (Å²) in [7, 11) is -4.09. The molecule has 0 amide bonds. The Hall–Kier alpha value is -0.390. The molecule has 1 atom stereocenters. The normalized spacial score (nSPS) is 13.6. The molecular formula is C20H40O4S. The van der Waals surface area contributed by atoms with Gasteiger partial charge in [0.05, 0.1) is 6.61 Å². The predicted octanol–water partition coefficient (Wildman–Crippen LogP) is 5.66. The van der Waals surface area contributed by atoms with Gasteiger partial charge in [0, 0.05) is 0 Å². The topological polar surface area (TPSA) is 74.6 Å². The number of aliphatic hydroxyl groups excluding tert-OH is 1. The van der Waals surface area contributed by atoms with Crippen LogP contribution in [0.15, 0.2) is 12.2 Å². The van der Waals surface area contributed by atoms with E-state index in [1.807, 2.05) is 0 Å². The molecule has 1 unspecified atom stereocenters. The molecule has 0 aromatic rings. The van der Waals surface area contributed by atoms with Gasteiger partial charge in [0.25, 0.3) is 10.1 Å². The Morgan fingerprint density at radius 2 is 1.20 bits per heavy atom. The fraction of sp³-hybridized carbons (Fsp3) is 0.900. The van der Waals surface area contributed by atoms with Crippen LogP contribution >= 0.6 is 0 Å². The van der Waals surface area contributed by atoms with Gasteiger partial charge in [-0.3, -0.25) is 4.55 Å². The first kappa shape index (κ1) is 24.6. The highest BCUT2D eigenvalue weighted by Gasteiger charge is 2.20. The largest absolute Gasteiger partial charge is 0.395 e. The number of unbranched alkanes of at least 4 members (excludes halogenated alkanes) is 12. The average Bonchev–Trinajstić information content (AvgIpc) is 2.56. The molecule has 0 spiro atoms. The summed E-state index contributed by atoms with van der Waals surface area (Å²) in [6.45, 7) is 1.75. The third kappa shape index (κ3) is 16.8. The zero-order chi connectivity index (χ0) is 18.8. The van der Waals surface area contributed by atoms with Crippen LogP contribution in [0.25, 0.3) is 0 Å². The third-order valence-corrected chi connectivity index (χ3v) is 5.89. The van der Waals surface area contributed by atoms with Gasteiger partial charge in [-0.2, -0.15) is 8.42 Å². The van der Waals surface area contributed by atoms with Crippen molar-refractivity contribution in [1.82, 2.24) is 0 Å². The Morgan fingerprint density at radius 3 is 1.64 bits per heavy atom. The van der Waals surface area contributed by atoms with E-state index in [1.165, 1.54) is 64.2 Å². The molecule has 4 nitrogen and oxygen atoms in total. The van der Waals surface area contributed by atoms with Crippen LogP contribution in [0.4, 0.5) is 0 Å². The van der Waals surface area contributed by atoms with Gasteiger partial charge < -0.3 is 5.11 Å². The summed E-state index contributed by atoms with van der Waals surface area (Å²) in [5.74, 6) is 0. The minimum atomic E-state index is -4.09. The summed E-state index contributed by atoms with van der Waals surface area (Å²) in [4.78, 5) is 0. The van der Waals surface area contributed by atoms with Crippen molar-refractivity contribution in [2.75, 3.05) is 6.61 Å². The molecule has 0 aromatic heterocycles. The first-order chi connectivity index (χ1) is 12.0. The number of hydrogen-bond donors (Lipinski definition) is 2. The number of hydrogen-bond acceptors (Lipinski definition) is 3. The Bertz CT molecular complexity index is 404. The summed E-state index contributed by atoms with van der Waals surface area (Å²) in [5.41, 5.74) is 0. The van der Waals surface area contributed by atoms with Gasteiger partial charge in [0.1, 0.15) is 5.25 Å². The standard InChI is InChI=1S/C20H40O4S/c1-2-3-4-5-6-7-8-9-10-11-12-13-14-15-16-17-18-20(19-21)25(22,23)24/h9-10,20-21H,2-8,11-19H2,1H3,(H,22,23,24)/b10-9-. The van der Waals surface area contributed by atoms with E-state index in [1.54, 1.807) is 0 Å². The smallest absolute Gasteiger partial charge is 0.270 e. The Morgan fingerprint density at radius 1 is 0.760 bits per heavy atom. The summed E-state index contributed by atoms with van der Waals surface area (Å²) >= 11 is 0. The molecular weight excluding hydrogens is 336 g/mol. The molecule has 0 rings (SSSR count). The molecule has 0 saturated carbocycles. The molecule has 0 fully saturated rings. The molecule has 5 heteroatoms. The van der Waals surface area contributed by atoms with Crippen molar-refractivity contribution in [2.45, 2.75) is 108 Å². The Labute approximate surface area is 155 Å². The van der Waals surface area contributed by atoms with Crippen molar-refractivity contribution < 1.29 is 18.1 Å². The third-order valence-electron chi connectivity index (χ3n) is 4.66. The van der Waals surface area contributed by atoms with E-state index >= 15 is 0 Å². The minimum Gasteiger partial charge on any atom is -0.395 e. The fourth-order valence-electron chi connectivity index (χ4n) is 2.95. The number of aliphatic hydroxyl groups is 1. The first-order valence-electron chi connectivity index (χ1n) is 10.2. The van der Waals surface area contributed by atoms with Crippen molar-refractivity contribution >= 4 is 10.1 Å². The van der Waals surface area contributed by atoms with E-state index in [0.717, 1.165) is 25.7 Å². The second-order valence-corrected chi connectivity index (χ2v) is 8.74. The molecule has 2 N–H and O–H groups in total. The fourth-order valence-corrected chi connectivity index (χ4v) is 3.61. The zero-order valence-electron chi connectivity index (χ0n) is 16.2. The van der Waals surface area contributed by atoms with Crippen LogP contribution in [0, 0.1) is 0 Å². The van der Waals surface area contributed by atoms with Crippen molar-refractivity contribution in [3.8, 4) is 0 Å². The van der Waals surface area contributed by atoms with Crippen molar-refractivity contribution in [2.24, 2.45) is 0 Å². The molecule has 0 heterocycles. The van der Waals surface area contributed by atoms with E-state index in [-0.39, 0.29) is 0 Å². The summed E-state index contributed by atoms with van der Waals surface area (Å²) in [6.07, 6.45) is 21.9. The molecule has 0 radical (unpaired) electrons. The highest BCUT2D eigenvalue weighted by Crippen LogP contribution is 2.13. The first-order valence-corrected chi connectivity index (χ1v) is 11.7.